The lowest BCUT2D eigenvalue weighted by Crippen LogP contribution is -2.44. The number of carbonyl (C=O) groups excluding carboxylic acids is 1. The van der Waals surface area contributed by atoms with Crippen molar-refractivity contribution in [3.05, 3.63) is 55.3 Å². The number of amides is 1. The second-order valence-electron chi connectivity index (χ2n) is 7.40. The van der Waals surface area contributed by atoms with Crippen LogP contribution in [-0.4, -0.2) is 41.7 Å². The molecular weight excluding hydrogens is 394 g/mol. The van der Waals surface area contributed by atoms with Crippen molar-refractivity contribution in [2.24, 2.45) is 0 Å². The van der Waals surface area contributed by atoms with Crippen molar-refractivity contribution < 1.29 is 19.2 Å². The van der Waals surface area contributed by atoms with E-state index in [-0.39, 0.29) is 29.4 Å². The molecule has 4 rings (SSSR count). The highest BCUT2D eigenvalue weighted by Gasteiger charge is 2.25. The molecule has 0 radical (unpaired) electrons. The minimum atomic E-state index is -0.382. The lowest BCUT2D eigenvalue weighted by Gasteiger charge is -2.33. The second kappa shape index (κ2) is 8.48. The Morgan fingerprint density at radius 1 is 1.34 bits per heavy atom. The summed E-state index contributed by atoms with van der Waals surface area (Å²) in [5, 5.41) is 14.4. The number of nitro groups is 1. The van der Waals surface area contributed by atoms with Crippen LogP contribution in [0.25, 0.3) is 0 Å². The molecule has 0 spiro atoms. The summed E-state index contributed by atoms with van der Waals surface area (Å²) in [6.45, 7) is 4.66. The van der Waals surface area contributed by atoms with Gasteiger partial charge in [-0.1, -0.05) is 0 Å². The molecule has 1 N–H and O–H groups in total. The van der Waals surface area contributed by atoms with E-state index in [4.69, 9.17) is 9.47 Å². The third-order valence-electron chi connectivity index (χ3n) is 5.26. The first-order chi connectivity index (χ1) is 14.0. The van der Waals surface area contributed by atoms with Gasteiger partial charge in [-0.15, -0.1) is 11.3 Å². The molecule has 154 valence electrons. The first kappa shape index (κ1) is 19.8. The molecule has 1 aromatic carbocycles. The number of hydrogen-bond donors (Lipinski definition) is 1. The number of nitrogens with one attached hydrogen (secondary N) is 1. The van der Waals surface area contributed by atoms with Crippen molar-refractivity contribution in [3.8, 4) is 5.75 Å². The van der Waals surface area contributed by atoms with E-state index >= 15 is 0 Å². The van der Waals surface area contributed by atoms with Gasteiger partial charge in [0.15, 0.2) is 6.79 Å². The summed E-state index contributed by atoms with van der Waals surface area (Å²) in [6, 6.07) is 7.07. The van der Waals surface area contributed by atoms with Crippen LogP contribution in [0.5, 0.6) is 5.75 Å². The number of nitro benzene ring substituents is 1. The molecular formula is C20H23N3O5S. The molecule has 2 aliphatic rings. The second-order valence-corrected chi connectivity index (χ2v) is 8.68. The predicted octanol–water partition coefficient (Wildman–Crippen LogP) is 3.23. The van der Waals surface area contributed by atoms with Crippen LogP contribution >= 0.6 is 11.3 Å². The van der Waals surface area contributed by atoms with Gasteiger partial charge in [0.1, 0.15) is 5.75 Å². The number of fused-ring (bicyclic) bond motifs is 1. The number of non-ortho nitro benzene ring substituents is 1. The number of carbonyl (C=O) groups is 1. The van der Waals surface area contributed by atoms with Gasteiger partial charge in [0.25, 0.3) is 11.6 Å². The van der Waals surface area contributed by atoms with E-state index in [9.17, 15) is 14.9 Å². The number of hydrogen-bond acceptors (Lipinski definition) is 7. The van der Waals surface area contributed by atoms with E-state index in [2.05, 4.69) is 10.2 Å². The van der Waals surface area contributed by atoms with Gasteiger partial charge in [-0.25, -0.2) is 0 Å². The maximum Gasteiger partial charge on any atom is 0.270 e. The lowest BCUT2D eigenvalue weighted by molar-refractivity contribution is -0.385. The molecule has 9 heteroatoms. The van der Waals surface area contributed by atoms with Crippen LogP contribution in [0.2, 0.25) is 0 Å². The molecule has 2 aliphatic heterocycles. The molecule has 0 saturated carbocycles. The maximum absolute atomic E-state index is 12.4. The molecule has 1 saturated heterocycles. The zero-order chi connectivity index (χ0) is 20.4. The van der Waals surface area contributed by atoms with Crippen LogP contribution in [-0.2, 0) is 17.9 Å². The zero-order valence-electron chi connectivity index (χ0n) is 16.2. The van der Waals surface area contributed by atoms with Crippen LogP contribution in [0.15, 0.2) is 24.3 Å². The van der Waals surface area contributed by atoms with Crippen LogP contribution in [0.1, 0.15) is 38.5 Å². The van der Waals surface area contributed by atoms with Crippen LogP contribution in [0.3, 0.4) is 0 Å². The number of thiophene rings is 1. The minimum Gasteiger partial charge on any atom is -0.467 e. The standard InChI is InChI=1S/C20H23N3O5S/c1-13-2-3-18(29-13)20(24)21-16-4-6-22(7-5-16)10-14-8-17(23(25)26)9-15-11-27-12-28-19(14)15/h2-3,8-9,16H,4-7,10-12H2,1H3,(H,21,24). The predicted molar refractivity (Wildman–Crippen MR) is 108 cm³/mol. The highest BCUT2D eigenvalue weighted by Crippen LogP contribution is 2.33. The van der Waals surface area contributed by atoms with E-state index in [0.29, 0.717) is 24.5 Å². The van der Waals surface area contributed by atoms with Crippen molar-refractivity contribution in [2.45, 2.75) is 39.0 Å². The number of aryl methyl sites for hydroxylation is 1. The summed E-state index contributed by atoms with van der Waals surface area (Å²) in [7, 11) is 0. The molecule has 1 amide bonds. The largest absolute Gasteiger partial charge is 0.467 e. The number of piperidine rings is 1. The molecule has 29 heavy (non-hydrogen) atoms. The fourth-order valence-electron chi connectivity index (χ4n) is 3.79. The molecule has 0 atom stereocenters. The average molecular weight is 417 g/mol. The lowest BCUT2D eigenvalue weighted by atomic mass is 10.0. The molecule has 8 nitrogen and oxygen atoms in total. The Hall–Kier alpha value is -2.49. The Morgan fingerprint density at radius 3 is 2.83 bits per heavy atom. The van der Waals surface area contributed by atoms with Crippen molar-refractivity contribution in [3.63, 3.8) is 0 Å². The SMILES string of the molecule is Cc1ccc(C(=O)NC2CCN(Cc3cc([N+](=O)[O-])cc4c3OCOC4)CC2)s1. The summed E-state index contributed by atoms with van der Waals surface area (Å²) in [4.78, 5) is 27.4. The quantitative estimate of drug-likeness (QED) is 0.593. The normalized spacial score (nSPS) is 17.4. The Morgan fingerprint density at radius 2 is 2.14 bits per heavy atom. The van der Waals surface area contributed by atoms with Crippen molar-refractivity contribution in [1.29, 1.82) is 0 Å². The van der Waals surface area contributed by atoms with E-state index in [1.165, 1.54) is 17.4 Å². The summed E-state index contributed by atoms with van der Waals surface area (Å²) >= 11 is 1.50. The fourth-order valence-corrected chi connectivity index (χ4v) is 4.56. The van der Waals surface area contributed by atoms with E-state index in [1.54, 1.807) is 6.07 Å². The maximum atomic E-state index is 12.4. The van der Waals surface area contributed by atoms with Gasteiger partial charge in [-0.2, -0.15) is 0 Å². The van der Waals surface area contributed by atoms with E-state index in [1.807, 2.05) is 19.1 Å². The van der Waals surface area contributed by atoms with Gasteiger partial charge >= 0.3 is 0 Å². The molecule has 2 aromatic rings. The highest BCUT2D eigenvalue weighted by atomic mass is 32.1. The topological polar surface area (TPSA) is 93.9 Å². The number of ether oxygens (including phenoxy) is 2. The number of rotatable bonds is 5. The molecule has 1 fully saturated rings. The summed E-state index contributed by atoms with van der Waals surface area (Å²) in [5.74, 6) is 0.688. The summed E-state index contributed by atoms with van der Waals surface area (Å²) in [6.07, 6.45) is 1.69. The van der Waals surface area contributed by atoms with Gasteiger partial charge in [-0.05, 0) is 31.9 Å². The van der Waals surface area contributed by atoms with E-state index in [0.717, 1.165) is 41.2 Å². The summed E-state index contributed by atoms with van der Waals surface area (Å²) in [5.41, 5.74) is 1.59. The average Bonchev–Trinajstić information content (AvgIpc) is 3.16. The van der Waals surface area contributed by atoms with Gasteiger partial charge in [0, 0.05) is 53.8 Å². The van der Waals surface area contributed by atoms with Gasteiger partial charge in [-0.3, -0.25) is 19.8 Å². The highest BCUT2D eigenvalue weighted by molar-refractivity contribution is 7.13. The zero-order valence-corrected chi connectivity index (χ0v) is 17.0. The van der Waals surface area contributed by atoms with Gasteiger partial charge < -0.3 is 14.8 Å². The molecule has 0 unspecified atom stereocenters. The third-order valence-corrected chi connectivity index (χ3v) is 6.26. The molecule has 0 aliphatic carbocycles. The molecule has 0 bridgehead atoms. The smallest absolute Gasteiger partial charge is 0.270 e. The number of benzene rings is 1. The fraction of sp³-hybridized carbons (Fsp3) is 0.450. The molecule has 1 aromatic heterocycles. The Balaban J connectivity index is 1.38. The number of nitrogens with zero attached hydrogens (tertiary/aromatic N) is 2. The van der Waals surface area contributed by atoms with Crippen molar-refractivity contribution in [1.82, 2.24) is 10.2 Å². The van der Waals surface area contributed by atoms with Gasteiger partial charge in [0.05, 0.1) is 16.4 Å². The third kappa shape index (κ3) is 4.58. The first-order valence-corrected chi connectivity index (χ1v) is 10.4. The Kier molecular flexibility index (Phi) is 5.79. The van der Waals surface area contributed by atoms with Crippen LogP contribution in [0.4, 0.5) is 5.69 Å². The summed E-state index contributed by atoms with van der Waals surface area (Å²) < 4.78 is 10.9. The first-order valence-electron chi connectivity index (χ1n) is 9.60. The Bertz CT molecular complexity index is 921. The van der Waals surface area contributed by atoms with E-state index < -0.39 is 0 Å². The van der Waals surface area contributed by atoms with Crippen LogP contribution < -0.4 is 10.1 Å². The van der Waals surface area contributed by atoms with Crippen LogP contribution in [0, 0.1) is 17.0 Å². The van der Waals surface area contributed by atoms with Crippen molar-refractivity contribution in [2.75, 3.05) is 19.9 Å². The van der Waals surface area contributed by atoms with Gasteiger partial charge in [0.2, 0.25) is 0 Å². The minimum absolute atomic E-state index is 0.0114. The number of likely N-dealkylation sites (tertiary alicyclic amines) is 1. The Labute approximate surface area is 172 Å². The van der Waals surface area contributed by atoms with Crippen molar-refractivity contribution >= 4 is 22.9 Å². The monoisotopic (exact) mass is 417 g/mol. The molecule has 3 heterocycles.